The topological polar surface area (TPSA) is 58.6 Å². The molecule has 0 amide bonds. The molecule has 0 aliphatic carbocycles. The minimum absolute atomic E-state index is 0.127. The highest BCUT2D eigenvalue weighted by Crippen LogP contribution is 2.43. The van der Waals surface area contributed by atoms with Crippen molar-refractivity contribution < 1.29 is 22.7 Å². The molecule has 174 valence electrons. The van der Waals surface area contributed by atoms with Crippen LogP contribution in [-0.4, -0.2) is 60.3 Å². The summed E-state index contributed by atoms with van der Waals surface area (Å²) in [6.07, 6.45) is -2.76. The second kappa shape index (κ2) is 8.25. The fourth-order valence-corrected chi connectivity index (χ4v) is 6.05. The molecule has 2 aliphatic rings. The highest BCUT2D eigenvalue weighted by molar-refractivity contribution is 7.18. The SMILES string of the molecule is COC(=O)c1ccccc1CN1CC2(CCN(c3ncnc4sc(CC(F)(F)F)cc34)C2)C1. The fraction of sp³-hybridized carbons (Fsp3) is 0.435. The van der Waals surface area contributed by atoms with Gasteiger partial charge in [-0.2, -0.15) is 13.2 Å². The molecule has 33 heavy (non-hydrogen) atoms. The lowest BCUT2D eigenvalue weighted by atomic mass is 9.78. The predicted octanol–water partition coefficient (Wildman–Crippen LogP) is 4.30. The van der Waals surface area contributed by atoms with Crippen LogP contribution >= 0.6 is 11.3 Å². The molecule has 1 spiro atoms. The number of carbonyl (C=O) groups excluding carboxylic acids is 1. The van der Waals surface area contributed by atoms with Crippen molar-refractivity contribution in [3.8, 4) is 0 Å². The minimum Gasteiger partial charge on any atom is -0.465 e. The van der Waals surface area contributed by atoms with Gasteiger partial charge in [-0.25, -0.2) is 14.8 Å². The van der Waals surface area contributed by atoms with Crippen LogP contribution in [0.3, 0.4) is 0 Å². The Balaban J connectivity index is 1.27. The van der Waals surface area contributed by atoms with E-state index in [1.807, 2.05) is 18.2 Å². The van der Waals surface area contributed by atoms with Gasteiger partial charge in [0.25, 0.3) is 0 Å². The van der Waals surface area contributed by atoms with Gasteiger partial charge in [0.15, 0.2) is 0 Å². The molecule has 1 aromatic carbocycles. The van der Waals surface area contributed by atoms with Gasteiger partial charge < -0.3 is 9.64 Å². The molecule has 2 aromatic heterocycles. The summed E-state index contributed by atoms with van der Waals surface area (Å²) >= 11 is 1.08. The third-order valence-corrected chi connectivity index (χ3v) is 7.45. The number of hydrogen-bond acceptors (Lipinski definition) is 7. The van der Waals surface area contributed by atoms with Gasteiger partial charge in [-0.15, -0.1) is 11.3 Å². The van der Waals surface area contributed by atoms with Crippen LogP contribution in [0.5, 0.6) is 0 Å². The third-order valence-electron chi connectivity index (χ3n) is 6.41. The second-order valence-electron chi connectivity index (χ2n) is 8.89. The van der Waals surface area contributed by atoms with Gasteiger partial charge in [0, 0.05) is 43.0 Å². The Morgan fingerprint density at radius 3 is 2.76 bits per heavy atom. The summed E-state index contributed by atoms with van der Waals surface area (Å²) in [4.78, 5) is 26.0. The first-order valence-electron chi connectivity index (χ1n) is 10.7. The van der Waals surface area contributed by atoms with E-state index in [1.165, 1.54) is 13.4 Å². The first-order valence-corrected chi connectivity index (χ1v) is 11.5. The maximum Gasteiger partial charge on any atom is 0.393 e. The Kier molecular flexibility index (Phi) is 5.52. The predicted molar refractivity (Wildman–Crippen MR) is 119 cm³/mol. The zero-order chi connectivity index (χ0) is 23.2. The highest BCUT2D eigenvalue weighted by atomic mass is 32.1. The maximum absolute atomic E-state index is 12.8. The first-order chi connectivity index (χ1) is 15.8. The number of methoxy groups -OCH3 is 1. The Morgan fingerprint density at radius 2 is 2.00 bits per heavy atom. The van der Waals surface area contributed by atoms with E-state index in [2.05, 4.69) is 19.8 Å². The van der Waals surface area contributed by atoms with Gasteiger partial charge >= 0.3 is 12.1 Å². The van der Waals surface area contributed by atoms with E-state index in [0.717, 1.165) is 55.3 Å². The van der Waals surface area contributed by atoms with E-state index in [0.29, 0.717) is 22.3 Å². The molecule has 3 aromatic rings. The van der Waals surface area contributed by atoms with Crippen molar-refractivity contribution in [3.05, 3.63) is 52.7 Å². The van der Waals surface area contributed by atoms with Crippen molar-refractivity contribution in [3.63, 3.8) is 0 Å². The van der Waals surface area contributed by atoms with Gasteiger partial charge in [-0.1, -0.05) is 18.2 Å². The number of anilines is 1. The van der Waals surface area contributed by atoms with Gasteiger partial charge in [0.1, 0.15) is 17.0 Å². The van der Waals surface area contributed by atoms with Crippen LogP contribution in [0, 0.1) is 5.41 Å². The van der Waals surface area contributed by atoms with E-state index in [4.69, 9.17) is 4.74 Å². The third kappa shape index (κ3) is 4.41. The van der Waals surface area contributed by atoms with Crippen molar-refractivity contribution in [2.45, 2.75) is 25.6 Å². The zero-order valence-electron chi connectivity index (χ0n) is 18.1. The summed E-state index contributed by atoms with van der Waals surface area (Å²) in [5.74, 6) is 0.386. The minimum atomic E-state index is -4.24. The number of nitrogens with zero attached hydrogens (tertiary/aromatic N) is 4. The number of ether oxygens (including phenoxy) is 1. The van der Waals surface area contributed by atoms with Crippen LogP contribution in [0.2, 0.25) is 0 Å². The summed E-state index contributed by atoms with van der Waals surface area (Å²) in [5.41, 5.74) is 1.66. The Morgan fingerprint density at radius 1 is 1.21 bits per heavy atom. The molecule has 2 saturated heterocycles. The molecule has 0 unspecified atom stereocenters. The Labute approximate surface area is 193 Å². The molecule has 0 atom stereocenters. The molecule has 2 fully saturated rings. The molecule has 0 N–H and O–H groups in total. The number of fused-ring (bicyclic) bond motifs is 1. The summed E-state index contributed by atoms with van der Waals surface area (Å²) < 4.78 is 43.4. The molecule has 2 aliphatic heterocycles. The maximum atomic E-state index is 12.8. The summed E-state index contributed by atoms with van der Waals surface area (Å²) in [6, 6.07) is 9.07. The summed E-state index contributed by atoms with van der Waals surface area (Å²) in [6.45, 7) is 4.09. The van der Waals surface area contributed by atoms with Crippen LogP contribution in [0.15, 0.2) is 36.7 Å². The number of rotatable bonds is 5. The number of halogens is 3. The van der Waals surface area contributed by atoms with E-state index >= 15 is 0 Å². The lowest BCUT2D eigenvalue weighted by Crippen LogP contribution is -2.57. The number of esters is 1. The van der Waals surface area contributed by atoms with Gasteiger partial charge in [0.2, 0.25) is 0 Å². The zero-order valence-corrected chi connectivity index (χ0v) is 18.9. The van der Waals surface area contributed by atoms with Crippen LogP contribution in [0.4, 0.5) is 19.0 Å². The molecule has 0 saturated carbocycles. The number of hydrogen-bond donors (Lipinski definition) is 0. The standard InChI is InChI=1S/C23H23F3N4O2S/c1-32-21(31)17-5-3-2-4-15(17)10-29-11-22(12-29)6-7-30(13-22)19-18-8-16(9-23(24,25)26)33-20(18)28-14-27-19/h2-5,8,14H,6-7,9-13H2,1H3. The van der Waals surface area contributed by atoms with Crippen molar-refractivity contribution in [2.24, 2.45) is 5.41 Å². The number of carbonyl (C=O) groups is 1. The Hall–Kier alpha value is -2.72. The average molecular weight is 477 g/mol. The van der Waals surface area contributed by atoms with E-state index < -0.39 is 12.6 Å². The number of likely N-dealkylation sites (tertiary alicyclic amines) is 1. The fourth-order valence-electron chi connectivity index (χ4n) is 5.03. The van der Waals surface area contributed by atoms with Crippen molar-refractivity contribution >= 4 is 33.3 Å². The van der Waals surface area contributed by atoms with Crippen molar-refractivity contribution in [2.75, 3.05) is 38.2 Å². The highest BCUT2D eigenvalue weighted by Gasteiger charge is 2.48. The molecule has 6 nitrogen and oxygen atoms in total. The van der Waals surface area contributed by atoms with E-state index in [1.54, 1.807) is 12.1 Å². The smallest absolute Gasteiger partial charge is 0.393 e. The molecule has 10 heteroatoms. The number of benzene rings is 1. The molecular formula is C23H23F3N4O2S. The lowest BCUT2D eigenvalue weighted by Gasteiger charge is -2.48. The molecular weight excluding hydrogens is 453 g/mol. The van der Waals surface area contributed by atoms with E-state index in [9.17, 15) is 18.0 Å². The Bertz CT molecular complexity index is 1190. The summed E-state index contributed by atoms with van der Waals surface area (Å²) in [7, 11) is 1.38. The number of aromatic nitrogens is 2. The van der Waals surface area contributed by atoms with Gasteiger partial charge in [0.05, 0.1) is 24.5 Å². The van der Waals surface area contributed by atoms with Gasteiger partial charge in [-0.3, -0.25) is 4.90 Å². The largest absolute Gasteiger partial charge is 0.465 e. The monoisotopic (exact) mass is 476 g/mol. The molecule has 4 heterocycles. The van der Waals surface area contributed by atoms with Crippen molar-refractivity contribution in [1.82, 2.24) is 14.9 Å². The quantitative estimate of drug-likeness (QED) is 0.512. The van der Waals surface area contributed by atoms with Crippen LogP contribution in [0.25, 0.3) is 10.2 Å². The number of thiophene rings is 1. The second-order valence-corrected chi connectivity index (χ2v) is 10.0. The molecule has 0 radical (unpaired) electrons. The van der Waals surface area contributed by atoms with E-state index in [-0.39, 0.29) is 16.3 Å². The molecule has 0 bridgehead atoms. The number of alkyl halides is 3. The van der Waals surface area contributed by atoms with Crippen LogP contribution < -0.4 is 4.90 Å². The normalized spacial score (nSPS) is 18.1. The first kappa shape index (κ1) is 22.1. The lowest BCUT2D eigenvalue weighted by molar-refractivity contribution is -0.126. The van der Waals surface area contributed by atoms with Crippen LogP contribution in [0.1, 0.15) is 27.2 Å². The van der Waals surface area contributed by atoms with Crippen molar-refractivity contribution in [1.29, 1.82) is 0 Å². The summed E-state index contributed by atoms with van der Waals surface area (Å²) in [5, 5.41) is 0.696. The average Bonchev–Trinajstić information content (AvgIpc) is 3.36. The van der Waals surface area contributed by atoms with Gasteiger partial charge in [-0.05, 0) is 24.1 Å². The molecule has 5 rings (SSSR count). The van der Waals surface area contributed by atoms with Crippen LogP contribution in [-0.2, 0) is 17.7 Å².